The molecule has 1 atom stereocenters. The molecule has 1 aliphatic rings. The summed E-state index contributed by atoms with van der Waals surface area (Å²) in [7, 11) is 0. The number of hydrogen-bond donors (Lipinski definition) is 1. The molecule has 1 aromatic heterocycles. The van der Waals surface area contributed by atoms with Crippen LogP contribution in [0.5, 0.6) is 0 Å². The van der Waals surface area contributed by atoms with E-state index in [1.807, 2.05) is 0 Å². The molecule has 1 unspecified atom stereocenters. The second kappa shape index (κ2) is 7.01. The van der Waals surface area contributed by atoms with Gasteiger partial charge in [0.2, 0.25) is 0 Å². The van der Waals surface area contributed by atoms with E-state index in [1.54, 1.807) is 18.2 Å². The van der Waals surface area contributed by atoms with E-state index in [1.165, 1.54) is 0 Å². The summed E-state index contributed by atoms with van der Waals surface area (Å²) in [4.78, 5) is 3.70. The zero-order valence-corrected chi connectivity index (χ0v) is 10.1. The second-order valence-electron chi connectivity index (χ2n) is 3.21. The summed E-state index contributed by atoms with van der Waals surface area (Å²) in [5, 5.41) is 4.11. The molecule has 1 N–H and O–H groups in total. The molecule has 0 aromatic carbocycles. The summed E-state index contributed by atoms with van der Waals surface area (Å²) in [5.41, 5.74) is 0. The molecule has 1 aromatic rings. The Labute approximate surface area is 99.7 Å². The van der Waals surface area contributed by atoms with Crippen LogP contribution in [0.1, 0.15) is 6.92 Å². The molecule has 15 heavy (non-hydrogen) atoms. The van der Waals surface area contributed by atoms with E-state index in [-0.39, 0.29) is 0 Å². The van der Waals surface area contributed by atoms with Gasteiger partial charge in [-0.05, 0) is 19.1 Å². The average molecular weight is 249 g/mol. The number of nitrogens with zero attached hydrogens (tertiary/aromatic N) is 1. The summed E-state index contributed by atoms with van der Waals surface area (Å²) in [6, 6.07) is 5.66. The summed E-state index contributed by atoms with van der Waals surface area (Å²) in [5.74, 6) is 0. The lowest BCUT2D eigenvalue weighted by Gasteiger charge is -2.19. The first kappa shape index (κ1) is 12.7. The van der Waals surface area contributed by atoms with E-state index >= 15 is 0 Å². The fourth-order valence-corrected chi connectivity index (χ4v) is 1.45. The Morgan fingerprint density at radius 3 is 2.33 bits per heavy atom. The highest BCUT2D eigenvalue weighted by atomic mass is 35.5. The fourth-order valence-electron chi connectivity index (χ4n) is 1.08. The van der Waals surface area contributed by atoms with E-state index in [9.17, 15) is 0 Å². The zero-order chi connectivity index (χ0) is 11.1. The van der Waals surface area contributed by atoms with Crippen LogP contribution < -0.4 is 5.32 Å². The van der Waals surface area contributed by atoms with Gasteiger partial charge in [-0.2, -0.15) is 0 Å². The first-order chi connectivity index (χ1) is 7.18. The molecule has 0 saturated carbocycles. The van der Waals surface area contributed by atoms with Gasteiger partial charge in [0.05, 0.1) is 13.2 Å². The van der Waals surface area contributed by atoms with Crippen LogP contribution in [0.2, 0.25) is 10.3 Å². The van der Waals surface area contributed by atoms with Crippen molar-refractivity contribution in [2.75, 3.05) is 19.8 Å². The Bertz CT molecular complexity index is 273. The Hall–Kier alpha value is -0.350. The molecule has 0 spiro atoms. The normalized spacial score (nSPS) is 20.3. The Balaban J connectivity index is 0.000000151. The highest BCUT2D eigenvalue weighted by molar-refractivity contribution is 6.32. The second-order valence-corrected chi connectivity index (χ2v) is 3.99. The first-order valence-corrected chi connectivity index (χ1v) is 5.53. The van der Waals surface area contributed by atoms with Gasteiger partial charge in [0, 0.05) is 12.6 Å². The lowest BCUT2D eigenvalue weighted by atomic mass is 10.3. The summed E-state index contributed by atoms with van der Waals surface area (Å²) in [6.45, 7) is 4.89. The van der Waals surface area contributed by atoms with Gasteiger partial charge in [-0.25, -0.2) is 4.98 Å². The van der Waals surface area contributed by atoms with Gasteiger partial charge in [0.1, 0.15) is 10.3 Å². The first-order valence-electron chi connectivity index (χ1n) is 4.77. The monoisotopic (exact) mass is 248 g/mol. The molecular formula is C10H14Cl2N2O. The molecule has 1 aliphatic heterocycles. The minimum atomic E-state index is 0.428. The molecule has 0 amide bonds. The minimum Gasteiger partial charge on any atom is -0.379 e. The number of nitrogens with one attached hydrogen (secondary N) is 1. The van der Waals surface area contributed by atoms with Gasteiger partial charge in [0.25, 0.3) is 0 Å². The van der Waals surface area contributed by atoms with Gasteiger partial charge in [-0.15, -0.1) is 0 Å². The van der Waals surface area contributed by atoms with Crippen LogP contribution in [0.25, 0.3) is 0 Å². The number of rotatable bonds is 0. The molecule has 84 valence electrons. The van der Waals surface area contributed by atoms with Crippen molar-refractivity contribution >= 4 is 23.2 Å². The van der Waals surface area contributed by atoms with Gasteiger partial charge in [-0.1, -0.05) is 29.3 Å². The molecule has 2 rings (SSSR count). The highest BCUT2D eigenvalue weighted by Crippen LogP contribution is 2.08. The Morgan fingerprint density at radius 1 is 1.40 bits per heavy atom. The van der Waals surface area contributed by atoms with Crippen LogP contribution in [-0.2, 0) is 4.74 Å². The molecular weight excluding hydrogens is 235 g/mol. The van der Waals surface area contributed by atoms with Crippen molar-refractivity contribution in [2.45, 2.75) is 13.0 Å². The lowest BCUT2D eigenvalue weighted by molar-refractivity contribution is 0.0824. The predicted octanol–water partition coefficient (Wildman–Crippen LogP) is 2.38. The molecule has 2 heterocycles. The maximum atomic E-state index is 5.45. The topological polar surface area (TPSA) is 34.1 Å². The number of pyridine rings is 1. The Kier molecular flexibility index (Phi) is 5.95. The summed E-state index contributed by atoms with van der Waals surface area (Å²) >= 11 is 10.9. The van der Waals surface area contributed by atoms with Crippen molar-refractivity contribution < 1.29 is 4.74 Å². The van der Waals surface area contributed by atoms with Gasteiger partial charge >= 0.3 is 0 Å². The summed E-state index contributed by atoms with van der Waals surface area (Å²) < 4.78 is 5.12. The van der Waals surface area contributed by atoms with Crippen LogP contribution in [-0.4, -0.2) is 30.8 Å². The maximum Gasteiger partial charge on any atom is 0.130 e. The molecule has 1 saturated heterocycles. The number of halogens is 2. The van der Waals surface area contributed by atoms with Crippen molar-refractivity contribution in [3.05, 3.63) is 28.5 Å². The largest absolute Gasteiger partial charge is 0.379 e. The van der Waals surface area contributed by atoms with Crippen LogP contribution >= 0.6 is 23.2 Å². The average Bonchev–Trinajstić information content (AvgIpc) is 2.19. The molecule has 1 fully saturated rings. The van der Waals surface area contributed by atoms with E-state index < -0.39 is 0 Å². The van der Waals surface area contributed by atoms with Crippen LogP contribution in [0.4, 0.5) is 0 Å². The van der Waals surface area contributed by atoms with Crippen LogP contribution in [0.3, 0.4) is 0 Å². The smallest absolute Gasteiger partial charge is 0.130 e. The van der Waals surface area contributed by atoms with Crippen molar-refractivity contribution in [2.24, 2.45) is 0 Å². The van der Waals surface area contributed by atoms with Gasteiger partial charge in [-0.3, -0.25) is 0 Å². The van der Waals surface area contributed by atoms with Gasteiger partial charge < -0.3 is 10.1 Å². The lowest BCUT2D eigenvalue weighted by Crippen LogP contribution is -2.38. The van der Waals surface area contributed by atoms with E-state index in [2.05, 4.69) is 17.2 Å². The van der Waals surface area contributed by atoms with Crippen LogP contribution in [0, 0.1) is 0 Å². The van der Waals surface area contributed by atoms with E-state index in [0.717, 1.165) is 19.8 Å². The molecule has 0 bridgehead atoms. The minimum absolute atomic E-state index is 0.428. The quantitative estimate of drug-likeness (QED) is 0.717. The van der Waals surface area contributed by atoms with Gasteiger partial charge in [0.15, 0.2) is 0 Å². The van der Waals surface area contributed by atoms with Crippen molar-refractivity contribution in [1.29, 1.82) is 0 Å². The number of morpholine rings is 1. The summed E-state index contributed by atoms with van der Waals surface area (Å²) in [6.07, 6.45) is 0. The molecule has 3 nitrogen and oxygen atoms in total. The standard InChI is InChI=1S/C5H3Cl2N.C5H11NO/c6-4-2-1-3-5(7)8-4;1-5-4-7-3-2-6-5/h1-3H;5-6H,2-4H2,1H3. The number of hydrogen-bond acceptors (Lipinski definition) is 3. The third kappa shape index (κ3) is 5.95. The molecule has 0 radical (unpaired) electrons. The van der Waals surface area contributed by atoms with Crippen LogP contribution in [0.15, 0.2) is 18.2 Å². The van der Waals surface area contributed by atoms with Crippen molar-refractivity contribution in [1.82, 2.24) is 10.3 Å². The molecule has 5 heteroatoms. The number of aromatic nitrogens is 1. The molecule has 0 aliphatic carbocycles. The van der Waals surface area contributed by atoms with E-state index in [4.69, 9.17) is 27.9 Å². The SMILES string of the molecule is CC1COCCN1.Clc1cccc(Cl)n1. The Morgan fingerprint density at radius 2 is 2.07 bits per heavy atom. The number of ether oxygens (including phenoxy) is 1. The van der Waals surface area contributed by atoms with Crippen molar-refractivity contribution in [3.63, 3.8) is 0 Å². The highest BCUT2D eigenvalue weighted by Gasteiger charge is 2.04. The van der Waals surface area contributed by atoms with E-state index in [0.29, 0.717) is 16.3 Å². The van der Waals surface area contributed by atoms with Crippen molar-refractivity contribution in [3.8, 4) is 0 Å². The maximum absolute atomic E-state index is 5.45. The zero-order valence-electron chi connectivity index (χ0n) is 8.54. The third-order valence-electron chi connectivity index (χ3n) is 1.79. The predicted molar refractivity (Wildman–Crippen MR) is 62.5 cm³/mol. The fraction of sp³-hybridized carbons (Fsp3) is 0.500. The third-order valence-corrected chi connectivity index (χ3v) is 2.21.